The molecule has 7 heteroatoms. The molecule has 0 radical (unpaired) electrons. The van der Waals surface area contributed by atoms with Crippen LogP contribution >= 0.6 is 39.9 Å². The summed E-state index contributed by atoms with van der Waals surface area (Å²) in [6, 6.07) is 11.7. The van der Waals surface area contributed by atoms with Crippen molar-refractivity contribution in [2.75, 3.05) is 0 Å². The molecule has 1 N–H and O–H groups in total. The Balaban J connectivity index is 1.83. The van der Waals surface area contributed by atoms with Gasteiger partial charge in [-0.2, -0.15) is 0 Å². The van der Waals surface area contributed by atoms with Gasteiger partial charge in [0, 0.05) is 10.0 Å². The van der Waals surface area contributed by atoms with E-state index in [0.717, 1.165) is 15.6 Å². The molecule has 2 aromatic carbocycles. The molecule has 122 valence electrons. The number of thioether (sulfide) groups is 1. The van der Waals surface area contributed by atoms with E-state index in [0.29, 0.717) is 21.6 Å². The zero-order chi connectivity index (χ0) is 17.1. The molecule has 2 aromatic rings. The predicted octanol–water partition coefficient (Wildman–Crippen LogP) is 4.66. The van der Waals surface area contributed by atoms with E-state index in [-0.39, 0.29) is 11.7 Å². The topological polar surface area (TPSA) is 38.3 Å². The van der Waals surface area contributed by atoms with Crippen molar-refractivity contribution in [2.45, 2.75) is 6.61 Å². The first-order valence-electron chi connectivity index (χ1n) is 6.93. The van der Waals surface area contributed by atoms with Crippen LogP contribution in [-0.2, 0) is 11.4 Å². The van der Waals surface area contributed by atoms with Crippen molar-refractivity contribution >= 4 is 56.2 Å². The van der Waals surface area contributed by atoms with E-state index in [1.807, 2.05) is 18.2 Å². The fourth-order valence-corrected chi connectivity index (χ4v) is 3.48. The van der Waals surface area contributed by atoms with Crippen LogP contribution in [0.4, 0.5) is 4.39 Å². The average molecular weight is 424 g/mol. The first-order chi connectivity index (χ1) is 11.5. The Hall–Kier alpha value is -1.70. The molecule has 1 aliphatic rings. The number of thiocarbonyl (C=S) groups is 1. The third kappa shape index (κ3) is 4.23. The van der Waals surface area contributed by atoms with Crippen LogP contribution in [-0.4, -0.2) is 10.2 Å². The van der Waals surface area contributed by atoms with Crippen LogP contribution in [0.15, 0.2) is 51.8 Å². The molecule has 3 nitrogen and oxygen atoms in total. The lowest BCUT2D eigenvalue weighted by molar-refractivity contribution is -0.115. The molecule has 1 aliphatic heterocycles. The van der Waals surface area contributed by atoms with Crippen LogP contribution in [0.25, 0.3) is 6.08 Å². The van der Waals surface area contributed by atoms with Gasteiger partial charge < -0.3 is 10.1 Å². The Bertz CT molecular complexity index is 837. The average Bonchev–Trinajstić information content (AvgIpc) is 2.86. The van der Waals surface area contributed by atoms with Crippen LogP contribution in [0.3, 0.4) is 0 Å². The zero-order valence-corrected chi connectivity index (χ0v) is 15.4. The summed E-state index contributed by atoms with van der Waals surface area (Å²) in [4.78, 5) is 12.3. The molecular formula is C17H11BrFNO2S2. The van der Waals surface area contributed by atoms with Gasteiger partial charge in [-0.3, -0.25) is 4.79 Å². The van der Waals surface area contributed by atoms with Gasteiger partial charge in [0.1, 0.15) is 22.5 Å². The summed E-state index contributed by atoms with van der Waals surface area (Å²) in [6.45, 7) is 0.301. The highest BCUT2D eigenvalue weighted by molar-refractivity contribution is 9.10. The summed E-state index contributed by atoms with van der Waals surface area (Å²) in [6.07, 6.45) is 1.74. The first kappa shape index (κ1) is 17.1. The van der Waals surface area contributed by atoms with E-state index in [1.54, 1.807) is 18.2 Å². The molecule has 0 aromatic heterocycles. The second-order valence-corrected chi connectivity index (χ2v) is 7.58. The number of rotatable bonds is 4. The summed E-state index contributed by atoms with van der Waals surface area (Å²) in [5.41, 5.74) is 1.61. The monoisotopic (exact) mass is 423 g/mol. The Morgan fingerprint density at radius 1 is 1.25 bits per heavy atom. The van der Waals surface area contributed by atoms with E-state index in [1.165, 1.54) is 23.9 Å². The molecule has 1 amide bonds. The number of amides is 1. The maximum absolute atomic E-state index is 12.9. The molecule has 0 saturated carbocycles. The highest BCUT2D eigenvalue weighted by Crippen LogP contribution is 2.31. The molecule has 0 aliphatic carbocycles. The summed E-state index contributed by atoms with van der Waals surface area (Å²) >= 11 is 9.63. The minimum Gasteiger partial charge on any atom is -0.488 e. The smallest absolute Gasteiger partial charge is 0.263 e. The number of carbonyl (C=O) groups is 1. The molecular weight excluding hydrogens is 413 g/mol. The van der Waals surface area contributed by atoms with Crippen molar-refractivity contribution in [1.29, 1.82) is 0 Å². The van der Waals surface area contributed by atoms with Gasteiger partial charge in [-0.25, -0.2) is 4.39 Å². The minimum absolute atomic E-state index is 0.213. The SMILES string of the molecule is O=C1NC(=S)S/C1=C/c1cc(Br)ccc1OCc1ccc(F)cc1. The fraction of sp³-hybridized carbons (Fsp3) is 0.0588. The first-order valence-corrected chi connectivity index (χ1v) is 8.95. The van der Waals surface area contributed by atoms with Crippen molar-refractivity contribution in [2.24, 2.45) is 0 Å². The summed E-state index contributed by atoms with van der Waals surface area (Å²) in [5, 5.41) is 2.58. The Morgan fingerprint density at radius 3 is 2.67 bits per heavy atom. The molecule has 1 heterocycles. The van der Waals surface area contributed by atoms with Crippen molar-refractivity contribution in [3.8, 4) is 5.75 Å². The van der Waals surface area contributed by atoms with E-state index in [4.69, 9.17) is 17.0 Å². The molecule has 24 heavy (non-hydrogen) atoms. The van der Waals surface area contributed by atoms with Crippen LogP contribution in [0.5, 0.6) is 5.75 Å². The molecule has 0 atom stereocenters. The number of halogens is 2. The number of benzene rings is 2. The maximum atomic E-state index is 12.9. The number of nitrogens with one attached hydrogen (secondary N) is 1. The summed E-state index contributed by atoms with van der Waals surface area (Å²) in [5.74, 6) is 0.128. The summed E-state index contributed by atoms with van der Waals surface area (Å²) in [7, 11) is 0. The highest BCUT2D eigenvalue weighted by Gasteiger charge is 2.22. The van der Waals surface area contributed by atoms with Gasteiger partial charge in [-0.05, 0) is 42.0 Å². The number of hydrogen-bond acceptors (Lipinski definition) is 4. The number of ether oxygens (including phenoxy) is 1. The lowest BCUT2D eigenvalue weighted by atomic mass is 10.2. The maximum Gasteiger partial charge on any atom is 0.263 e. The van der Waals surface area contributed by atoms with E-state index in [2.05, 4.69) is 21.2 Å². The van der Waals surface area contributed by atoms with Gasteiger partial charge in [0.15, 0.2) is 0 Å². The van der Waals surface area contributed by atoms with Crippen LogP contribution < -0.4 is 10.1 Å². The lowest BCUT2D eigenvalue weighted by Crippen LogP contribution is -2.17. The lowest BCUT2D eigenvalue weighted by Gasteiger charge is -2.10. The van der Waals surface area contributed by atoms with Crippen LogP contribution in [0.1, 0.15) is 11.1 Å². The summed E-state index contributed by atoms with van der Waals surface area (Å²) < 4.78 is 20.1. The molecule has 1 saturated heterocycles. The van der Waals surface area contributed by atoms with Crippen molar-refractivity contribution in [1.82, 2.24) is 5.32 Å². The van der Waals surface area contributed by atoms with Crippen molar-refractivity contribution in [3.63, 3.8) is 0 Å². The third-order valence-corrected chi connectivity index (χ3v) is 4.86. The standard InChI is InChI=1S/C17H11BrFNO2S2/c18-12-3-6-14(22-9-10-1-4-13(19)5-2-10)11(7-12)8-15-16(21)20-17(23)24-15/h1-8H,9H2,(H,20,21,23)/b15-8+. The Morgan fingerprint density at radius 2 is 2.00 bits per heavy atom. The Labute approximate surface area is 156 Å². The van der Waals surface area contributed by atoms with Gasteiger partial charge in [-0.1, -0.05) is 52.0 Å². The van der Waals surface area contributed by atoms with Gasteiger partial charge in [0.2, 0.25) is 0 Å². The van der Waals surface area contributed by atoms with E-state index in [9.17, 15) is 9.18 Å². The molecule has 3 rings (SSSR count). The third-order valence-electron chi connectivity index (χ3n) is 3.21. The molecule has 0 bridgehead atoms. The fourth-order valence-electron chi connectivity index (χ4n) is 2.07. The zero-order valence-electron chi connectivity index (χ0n) is 12.2. The van der Waals surface area contributed by atoms with Gasteiger partial charge >= 0.3 is 0 Å². The second-order valence-electron chi connectivity index (χ2n) is 4.95. The minimum atomic E-state index is -0.284. The van der Waals surface area contributed by atoms with Crippen LogP contribution in [0.2, 0.25) is 0 Å². The Kier molecular flexibility index (Phi) is 5.33. The quantitative estimate of drug-likeness (QED) is 0.573. The number of hydrogen-bond donors (Lipinski definition) is 1. The second kappa shape index (κ2) is 7.46. The van der Waals surface area contributed by atoms with E-state index >= 15 is 0 Å². The van der Waals surface area contributed by atoms with Crippen LogP contribution in [0, 0.1) is 5.82 Å². The largest absolute Gasteiger partial charge is 0.488 e. The molecule has 0 unspecified atom stereocenters. The van der Waals surface area contributed by atoms with Crippen molar-refractivity contribution < 1.29 is 13.9 Å². The highest BCUT2D eigenvalue weighted by atomic mass is 79.9. The predicted molar refractivity (Wildman–Crippen MR) is 101 cm³/mol. The van der Waals surface area contributed by atoms with E-state index < -0.39 is 0 Å². The van der Waals surface area contributed by atoms with Crippen molar-refractivity contribution in [3.05, 3.63) is 68.8 Å². The van der Waals surface area contributed by atoms with Gasteiger partial charge in [0.05, 0.1) is 4.91 Å². The molecule has 1 fully saturated rings. The van der Waals surface area contributed by atoms with Gasteiger partial charge in [-0.15, -0.1) is 0 Å². The van der Waals surface area contributed by atoms with Gasteiger partial charge in [0.25, 0.3) is 5.91 Å². The number of carbonyl (C=O) groups excluding carboxylic acids is 1. The normalized spacial score (nSPS) is 15.7. The molecule has 0 spiro atoms.